The van der Waals surface area contributed by atoms with Crippen LogP contribution in [0.25, 0.3) is 0 Å². The molecule has 1 N–H and O–H groups in total. The predicted octanol–water partition coefficient (Wildman–Crippen LogP) is 2.56. The summed E-state index contributed by atoms with van der Waals surface area (Å²) in [6, 6.07) is 7.77. The van der Waals surface area contributed by atoms with Crippen LogP contribution in [0.1, 0.15) is 25.8 Å². The summed E-state index contributed by atoms with van der Waals surface area (Å²) in [6.07, 6.45) is 2.04. The number of rotatable bonds is 4. The van der Waals surface area contributed by atoms with Gasteiger partial charge in [0.1, 0.15) is 5.82 Å². The molecule has 1 aromatic heterocycles. The van der Waals surface area contributed by atoms with Crippen LogP contribution in [0.5, 0.6) is 0 Å². The highest BCUT2D eigenvalue weighted by Crippen LogP contribution is 2.28. The van der Waals surface area contributed by atoms with Crippen LogP contribution in [0.4, 0.5) is 10.2 Å². The summed E-state index contributed by atoms with van der Waals surface area (Å²) in [5.41, 5.74) is 0.00972. The summed E-state index contributed by atoms with van der Waals surface area (Å²) in [6.45, 7) is 4.32. The first-order valence-corrected chi connectivity index (χ1v) is 7.36. The smallest absolute Gasteiger partial charge is 0.272 e. The lowest BCUT2D eigenvalue weighted by molar-refractivity contribution is -0.135. The quantitative estimate of drug-likeness (QED) is 0.942. The number of aromatic nitrogens is 2. The predicted molar refractivity (Wildman–Crippen MR) is 83.6 cm³/mol. The van der Waals surface area contributed by atoms with Crippen LogP contribution >= 0.6 is 0 Å². The minimum Gasteiger partial charge on any atom is -0.379 e. The van der Waals surface area contributed by atoms with Crippen LogP contribution in [-0.2, 0) is 16.2 Å². The van der Waals surface area contributed by atoms with Crippen molar-refractivity contribution < 1.29 is 14.0 Å². The Hall–Kier alpha value is -2.70. The molecule has 23 heavy (non-hydrogen) atoms. The lowest BCUT2D eigenvalue weighted by Gasteiger charge is -2.19. The second-order valence-corrected chi connectivity index (χ2v) is 5.56. The van der Waals surface area contributed by atoms with Crippen molar-refractivity contribution in [1.29, 1.82) is 0 Å². The zero-order valence-electron chi connectivity index (χ0n) is 12.9. The van der Waals surface area contributed by atoms with Crippen LogP contribution in [0.2, 0.25) is 0 Å². The van der Waals surface area contributed by atoms with Crippen LogP contribution in [0.15, 0.2) is 41.7 Å². The third-order valence-electron chi connectivity index (χ3n) is 3.71. The summed E-state index contributed by atoms with van der Waals surface area (Å²) in [7, 11) is 0. The van der Waals surface area contributed by atoms with Crippen molar-refractivity contribution in [1.82, 2.24) is 9.78 Å². The highest BCUT2D eigenvalue weighted by atomic mass is 19.1. The van der Waals surface area contributed by atoms with E-state index in [2.05, 4.69) is 15.6 Å². The van der Waals surface area contributed by atoms with Gasteiger partial charge in [0, 0.05) is 30.8 Å². The normalized spacial score (nSPS) is 20.0. The number of halogens is 1. The summed E-state index contributed by atoms with van der Waals surface area (Å²) < 4.78 is 15.0. The fourth-order valence-corrected chi connectivity index (χ4v) is 2.34. The molecule has 7 heteroatoms. The average Bonchev–Trinajstić information content (AvgIpc) is 3.15. The van der Waals surface area contributed by atoms with Crippen LogP contribution in [0.3, 0.4) is 0 Å². The zero-order chi connectivity index (χ0) is 16.4. The third kappa shape index (κ3) is 3.08. The van der Waals surface area contributed by atoms with Gasteiger partial charge in [-0.1, -0.05) is 17.3 Å². The van der Waals surface area contributed by atoms with Gasteiger partial charge in [-0.2, -0.15) is 5.10 Å². The Morgan fingerprint density at radius 2 is 2.30 bits per heavy atom. The maximum Gasteiger partial charge on any atom is 0.272 e. The molecule has 0 unspecified atom stereocenters. The molecule has 6 nitrogen and oxygen atoms in total. The molecule has 2 heterocycles. The van der Waals surface area contributed by atoms with Gasteiger partial charge < -0.3 is 10.2 Å². The van der Waals surface area contributed by atoms with Gasteiger partial charge >= 0.3 is 0 Å². The van der Waals surface area contributed by atoms with Crippen molar-refractivity contribution in [2.45, 2.75) is 32.4 Å². The molecule has 120 valence electrons. The number of oxime groups is 1. The third-order valence-corrected chi connectivity index (χ3v) is 3.71. The number of carbonyl (C=O) groups is 1. The first-order valence-electron chi connectivity index (χ1n) is 7.36. The number of nitrogens with zero attached hydrogens (tertiary/aromatic N) is 3. The van der Waals surface area contributed by atoms with E-state index >= 15 is 0 Å². The van der Waals surface area contributed by atoms with Gasteiger partial charge in [-0.3, -0.25) is 9.48 Å². The Balaban J connectivity index is 1.70. The van der Waals surface area contributed by atoms with E-state index < -0.39 is 5.60 Å². The first kappa shape index (κ1) is 15.2. The Bertz CT molecular complexity index is 771. The van der Waals surface area contributed by atoms with E-state index in [1.165, 1.54) is 12.1 Å². The van der Waals surface area contributed by atoms with E-state index in [9.17, 15) is 9.18 Å². The van der Waals surface area contributed by atoms with E-state index in [0.717, 1.165) is 6.54 Å². The van der Waals surface area contributed by atoms with Gasteiger partial charge in [-0.05, 0) is 26.0 Å². The number of anilines is 1. The fourth-order valence-electron chi connectivity index (χ4n) is 2.34. The van der Waals surface area contributed by atoms with E-state index in [0.29, 0.717) is 17.1 Å². The molecule has 0 fully saturated rings. The molecule has 1 aliphatic rings. The molecule has 2 aromatic rings. The van der Waals surface area contributed by atoms with Gasteiger partial charge in [-0.25, -0.2) is 4.39 Å². The van der Waals surface area contributed by atoms with Crippen molar-refractivity contribution >= 4 is 17.4 Å². The highest BCUT2D eigenvalue weighted by molar-refractivity contribution is 6.07. The van der Waals surface area contributed by atoms with Crippen molar-refractivity contribution in [3.8, 4) is 0 Å². The van der Waals surface area contributed by atoms with Crippen LogP contribution in [-0.4, -0.2) is 27.0 Å². The maximum absolute atomic E-state index is 13.3. The largest absolute Gasteiger partial charge is 0.379 e. The summed E-state index contributed by atoms with van der Waals surface area (Å²) in [5.74, 6) is -0.233. The molecular weight excluding hydrogens is 299 g/mol. The summed E-state index contributed by atoms with van der Waals surface area (Å²) >= 11 is 0. The molecule has 0 aliphatic carbocycles. The van der Waals surface area contributed by atoms with Crippen molar-refractivity contribution in [3.05, 3.63) is 47.9 Å². The number of hydrogen-bond donors (Lipinski definition) is 1. The van der Waals surface area contributed by atoms with E-state index in [1.807, 2.05) is 6.92 Å². The molecule has 1 amide bonds. The van der Waals surface area contributed by atoms with Gasteiger partial charge in [-0.15, -0.1) is 0 Å². The minimum absolute atomic E-state index is 0.261. The number of carbonyl (C=O) groups excluding carboxylic acids is 1. The second-order valence-electron chi connectivity index (χ2n) is 5.56. The Morgan fingerprint density at radius 1 is 1.48 bits per heavy atom. The van der Waals surface area contributed by atoms with E-state index in [4.69, 9.17) is 4.84 Å². The zero-order valence-corrected chi connectivity index (χ0v) is 12.9. The van der Waals surface area contributed by atoms with Gasteiger partial charge in [0.05, 0.1) is 5.71 Å². The molecule has 0 bridgehead atoms. The lowest BCUT2D eigenvalue weighted by atomic mass is 9.95. The Morgan fingerprint density at radius 3 is 3.00 bits per heavy atom. The molecular formula is C16H17FN4O2. The molecule has 1 atom stereocenters. The van der Waals surface area contributed by atoms with Crippen LogP contribution in [0, 0.1) is 5.82 Å². The summed E-state index contributed by atoms with van der Waals surface area (Å²) in [4.78, 5) is 17.8. The number of aryl methyl sites for hydroxylation is 1. The van der Waals surface area contributed by atoms with Gasteiger partial charge in [0.25, 0.3) is 5.91 Å². The molecule has 3 rings (SSSR count). The molecule has 0 saturated heterocycles. The fraction of sp³-hybridized carbons (Fsp3) is 0.312. The molecule has 1 aliphatic heterocycles. The lowest BCUT2D eigenvalue weighted by Crippen LogP contribution is -2.40. The number of nitrogens with one attached hydrogen (secondary N) is 1. The number of amides is 1. The topological polar surface area (TPSA) is 68.5 Å². The van der Waals surface area contributed by atoms with Gasteiger partial charge in [0.2, 0.25) is 5.60 Å². The SMILES string of the molecule is CCn1ccc(NC(=O)[C@@]2(C)CC(c3cccc(F)c3)=NO2)n1. The first-order chi connectivity index (χ1) is 11.0. The van der Waals surface area contributed by atoms with Gasteiger partial charge in [0.15, 0.2) is 5.82 Å². The molecule has 1 aromatic carbocycles. The molecule has 0 spiro atoms. The van der Waals surface area contributed by atoms with Crippen molar-refractivity contribution in [2.24, 2.45) is 5.16 Å². The van der Waals surface area contributed by atoms with Crippen LogP contribution < -0.4 is 5.32 Å². The number of benzene rings is 1. The molecule has 0 saturated carbocycles. The highest BCUT2D eigenvalue weighted by Gasteiger charge is 2.42. The Labute approximate surface area is 132 Å². The van der Waals surface area contributed by atoms with Crippen molar-refractivity contribution in [3.63, 3.8) is 0 Å². The maximum atomic E-state index is 13.3. The molecule has 0 radical (unpaired) electrons. The second kappa shape index (κ2) is 5.83. The Kier molecular flexibility index (Phi) is 3.85. The number of hydrogen-bond acceptors (Lipinski definition) is 4. The minimum atomic E-state index is -1.14. The van der Waals surface area contributed by atoms with Crippen molar-refractivity contribution in [2.75, 3.05) is 5.32 Å². The standard InChI is InChI=1S/C16H17FN4O2/c1-3-21-8-7-14(19-21)18-15(22)16(2)10-13(20-23-16)11-5-4-6-12(17)9-11/h4-9H,3,10H2,1-2H3,(H,18,19,22)/t16-/m1/s1. The average molecular weight is 316 g/mol. The van der Waals surface area contributed by atoms with E-state index in [1.54, 1.807) is 36.0 Å². The monoisotopic (exact) mass is 316 g/mol. The summed E-state index contributed by atoms with van der Waals surface area (Å²) in [5, 5.41) is 10.9. The van der Waals surface area contributed by atoms with E-state index in [-0.39, 0.29) is 18.1 Å².